The van der Waals surface area contributed by atoms with Gasteiger partial charge in [0.15, 0.2) is 5.96 Å². The summed E-state index contributed by atoms with van der Waals surface area (Å²) in [5.74, 6) is 1.74. The minimum absolute atomic E-state index is 0. The van der Waals surface area contributed by atoms with Crippen LogP contribution in [-0.4, -0.2) is 38.3 Å². The van der Waals surface area contributed by atoms with E-state index in [0.29, 0.717) is 19.7 Å². The standard InChI is InChI=1S/C20H26N4O3.HI/c1-2-10-21-19(22-11-9-18-4-3-13-26-18)23-15-16-5-7-17(8-6-16)24-12-14-27-20(24)25;/h3-8,13H,2,9-12,14-15H2,1H3,(H2,21,22,23);1H. The van der Waals surface area contributed by atoms with Crippen molar-refractivity contribution in [1.29, 1.82) is 0 Å². The molecular formula is C20H27IN4O3. The molecule has 8 heteroatoms. The van der Waals surface area contributed by atoms with Crippen molar-refractivity contribution in [3.63, 3.8) is 0 Å². The fourth-order valence-corrected chi connectivity index (χ4v) is 2.76. The van der Waals surface area contributed by atoms with Crippen LogP contribution in [0.25, 0.3) is 0 Å². The summed E-state index contributed by atoms with van der Waals surface area (Å²) in [5, 5.41) is 6.66. The van der Waals surface area contributed by atoms with Crippen LogP contribution in [0.4, 0.5) is 10.5 Å². The van der Waals surface area contributed by atoms with Gasteiger partial charge in [0, 0.05) is 25.2 Å². The number of aliphatic imine (C=N–C) groups is 1. The molecule has 2 N–H and O–H groups in total. The van der Waals surface area contributed by atoms with Crippen LogP contribution >= 0.6 is 24.0 Å². The average Bonchev–Trinajstić information content (AvgIpc) is 3.35. The number of guanidine groups is 1. The van der Waals surface area contributed by atoms with Crippen LogP contribution in [0.3, 0.4) is 0 Å². The summed E-state index contributed by atoms with van der Waals surface area (Å²) < 4.78 is 10.3. The normalized spacial score (nSPS) is 13.8. The minimum atomic E-state index is -0.285. The Morgan fingerprint density at radius 2 is 1.96 bits per heavy atom. The van der Waals surface area contributed by atoms with Crippen LogP contribution in [0.15, 0.2) is 52.1 Å². The molecule has 0 radical (unpaired) electrons. The Bertz CT molecular complexity index is 747. The maximum Gasteiger partial charge on any atom is 0.414 e. The lowest BCUT2D eigenvalue weighted by molar-refractivity contribution is 0.181. The molecule has 1 aliphatic heterocycles. The molecule has 1 saturated heterocycles. The Morgan fingerprint density at radius 3 is 2.61 bits per heavy atom. The fourth-order valence-electron chi connectivity index (χ4n) is 2.76. The summed E-state index contributed by atoms with van der Waals surface area (Å²) in [6.45, 7) is 5.34. The van der Waals surface area contributed by atoms with E-state index in [1.165, 1.54) is 0 Å². The summed E-state index contributed by atoms with van der Waals surface area (Å²) >= 11 is 0. The molecule has 0 atom stereocenters. The summed E-state index contributed by atoms with van der Waals surface area (Å²) in [5.41, 5.74) is 1.93. The number of ether oxygens (including phenoxy) is 1. The second-order valence-electron chi connectivity index (χ2n) is 6.28. The zero-order valence-corrected chi connectivity index (χ0v) is 18.3. The Labute approximate surface area is 182 Å². The molecule has 2 heterocycles. The quantitative estimate of drug-likeness (QED) is 0.331. The van der Waals surface area contributed by atoms with Crippen molar-refractivity contribution in [3.8, 4) is 0 Å². The summed E-state index contributed by atoms with van der Waals surface area (Å²) in [6, 6.07) is 11.7. The topological polar surface area (TPSA) is 79.1 Å². The van der Waals surface area contributed by atoms with Crippen LogP contribution in [0.5, 0.6) is 0 Å². The molecule has 0 saturated carbocycles. The number of anilines is 1. The number of cyclic esters (lactones) is 1. The highest BCUT2D eigenvalue weighted by Gasteiger charge is 2.23. The number of nitrogens with zero attached hydrogens (tertiary/aromatic N) is 2. The predicted octanol–water partition coefficient (Wildman–Crippen LogP) is 3.54. The second-order valence-corrected chi connectivity index (χ2v) is 6.28. The summed E-state index contributed by atoms with van der Waals surface area (Å²) in [4.78, 5) is 17.9. The van der Waals surface area contributed by atoms with E-state index in [2.05, 4.69) is 22.5 Å². The van der Waals surface area contributed by atoms with Gasteiger partial charge < -0.3 is 19.8 Å². The van der Waals surface area contributed by atoms with Crippen molar-refractivity contribution in [1.82, 2.24) is 10.6 Å². The third-order valence-corrected chi connectivity index (χ3v) is 4.21. The summed E-state index contributed by atoms with van der Waals surface area (Å²) in [6.07, 6.45) is 3.23. The molecule has 2 aromatic rings. The number of carbonyl (C=O) groups is 1. The molecule has 0 aliphatic carbocycles. The number of furan rings is 1. The number of rotatable bonds is 8. The first-order valence-corrected chi connectivity index (χ1v) is 9.34. The van der Waals surface area contributed by atoms with Crippen LogP contribution in [0.2, 0.25) is 0 Å². The lowest BCUT2D eigenvalue weighted by Gasteiger charge is -2.13. The minimum Gasteiger partial charge on any atom is -0.469 e. The van der Waals surface area contributed by atoms with Crippen LogP contribution < -0.4 is 15.5 Å². The van der Waals surface area contributed by atoms with E-state index in [0.717, 1.165) is 48.9 Å². The molecule has 1 amide bonds. The molecule has 7 nitrogen and oxygen atoms in total. The monoisotopic (exact) mass is 498 g/mol. The van der Waals surface area contributed by atoms with Gasteiger partial charge in [-0.15, -0.1) is 24.0 Å². The van der Waals surface area contributed by atoms with Crippen molar-refractivity contribution in [2.45, 2.75) is 26.3 Å². The van der Waals surface area contributed by atoms with Gasteiger partial charge in [0.25, 0.3) is 0 Å². The van der Waals surface area contributed by atoms with Gasteiger partial charge in [0.1, 0.15) is 12.4 Å². The molecular weight excluding hydrogens is 471 g/mol. The highest BCUT2D eigenvalue weighted by molar-refractivity contribution is 14.0. The van der Waals surface area contributed by atoms with Crippen molar-refractivity contribution in [2.75, 3.05) is 31.1 Å². The van der Waals surface area contributed by atoms with E-state index in [4.69, 9.17) is 9.15 Å². The molecule has 1 aromatic heterocycles. The van der Waals surface area contributed by atoms with Crippen LogP contribution in [0, 0.1) is 0 Å². The number of nitrogens with one attached hydrogen (secondary N) is 2. The lowest BCUT2D eigenvalue weighted by Crippen LogP contribution is -2.38. The molecule has 152 valence electrons. The number of hydrogen-bond acceptors (Lipinski definition) is 4. The van der Waals surface area contributed by atoms with Crippen molar-refractivity contribution < 1.29 is 13.9 Å². The lowest BCUT2D eigenvalue weighted by atomic mass is 10.2. The van der Waals surface area contributed by atoms with E-state index in [1.807, 2.05) is 36.4 Å². The van der Waals surface area contributed by atoms with Crippen molar-refractivity contribution in [3.05, 3.63) is 54.0 Å². The van der Waals surface area contributed by atoms with E-state index in [-0.39, 0.29) is 30.1 Å². The first kappa shape index (κ1) is 22.1. The van der Waals surface area contributed by atoms with Gasteiger partial charge in [-0.2, -0.15) is 0 Å². The van der Waals surface area contributed by atoms with Crippen LogP contribution in [0.1, 0.15) is 24.7 Å². The highest BCUT2D eigenvalue weighted by Crippen LogP contribution is 2.19. The van der Waals surface area contributed by atoms with Gasteiger partial charge in [-0.25, -0.2) is 9.79 Å². The molecule has 1 fully saturated rings. The molecule has 0 bridgehead atoms. The molecule has 0 spiro atoms. The van der Waals surface area contributed by atoms with E-state index in [1.54, 1.807) is 11.2 Å². The van der Waals surface area contributed by atoms with Crippen molar-refractivity contribution >= 4 is 41.7 Å². The van der Waals surface area contributed by atoms with Crippen LogP contribution in [-0.2, 0) is 17.7 Å². The van der Waals surface area contributed by atoms with Crippen molar-refractivity contribution in [2.24, 2.45) is 4.99 Å². The van der Waals surface area contributed by atoms with Gasteiger partial charge >= 0.3 is 6.09 Å². The smallest absolute Gasteiger partial charge is 0.414 e. The predicted molar refractivity (Wildman–Crippen MR) is 120 cm³/mol. The average molecular weight is 498 g/mol. The Hall–Kier alpha value is -2.23. The number of halogens is 1. The molecule has 1 aliphatic rings. The second kappa shape index (κ2) is 11.6. The number of carbonyl (C=O) groups excluding carboxylic acids is 1. The zero-order chi connectivity index (χ0) is 18.9. The fraction of sp³-hybridized carbons (Fsp3) is 0.400. The largest absolute Gasteiger partial charge is 0.469 e. The van der Waals surface area contributed by atoms with Gasteiger partial charge in [-0.1, -0.05) is 19.1 Å². The third kappa shape index (κ3) is 6.43. The molecule has 28 heavy (non-hydrogen) atoms. The van der Waals surface area contributed by atoms with E-state index >= 15 is 0 Å². The van der Waals surface area contributed by atoms with E-state index < -0.39 is 0 Å². The molecule has 3 rings (SSSR count). The number of benzene rings is 1. The van der Waals surface area contributed by atoms with Gasteiger partial charge in [-0.3, -0.25) is 4.90 Å². The first-order chi connectivity index (χ1) is 13.3. The Kier molecular flexibility index (Phi) is 9.12. The molecule has 0 unspecified atom stereocenters. The van der Waals surface area contributed by atoms with Gasteiger partial charge in [0.05, 0.1) is 19.4 Å². The maximum absolute atomic E-state index is 11.6. The molecule has 1 aromatic carbocycles. The number of amides is 1. The maximum atomic E-state index is 11.6. The third-order valence-electron chi connectivity index (χ3n) is 4.21. The zero-order valence-electron chi connectivity index (χ0n) is 16.0. The Morgan fingerprint density at radius 1 is 1.18 bits per heavy atom. The summed E-state index contributed by atoms with van der Waals surface area (Å²) in [7, 11) is 0. The van der Waals surface area contributed by atoms with E-state index in [9.17, 15) is 4.79 Å². The Balaban J connectivity index is 0.00000280. The SMILES string of the molecule is CCCNC(=NCc1ccc(N2CCOC2=O)cc1)NCCc1ccco1.I. The number of hydrogen-bond donors (Lipinski definition) is 2. The van der Waals surface area contributed by atoms with Gasteiger partial charge in [0.2, 0.25) is 0 Å². The van der Waals surface area contributed by atoms with Gasteiger partial charge in [-0.05, 0) is 36.2 Å². The highest BCUT2D eigenvalue weighted by atomic mass is 127. The first-order valence-electron chi connectivity index (χ1n) is 9.34.